The van der Waals surface area contributed by atoms with Crippen molar-refractivity contribution in [2.24, 2.45) is 0 Å². The molecule has 2 aromatic heterocycles. The molecule has 28 heavy (non-hydrogen) atoms. The van der Waals surface area contributed by atoms with Crippen LogP contribution in [0.5, 0.6) is 5.75 Å². The molecule has 0 saturated carbocycles. The van der Waals surface area contributed by atoms with Crippen LogP contribution in [0.25, 0.3) is 0 Å². The predicted octanol–water partition coefficient (Wildman–Crippen LogP) is 3.81. The number of ether oxygens (including phenoxy) is 1. The average molecular weight is 376 g/mol. The van der Waals surface area contributed by atoms with Gasteiger partial charge in [0, 0.05) is 37.7 Å². The molecule has 0 bridgehead atoms. The van der Waals surface area contributed by atoms with Gasteiger partial charge in [-0.2, -0.15) is 0 Å². The summed E-state index contributed by atoms with van der Waals surface area (Å²) in [4.78, 5) is 23.2. The van der Waals surface area contributed by atoms with Gasteiger partial charge in [-0.3, -0.25) is 9.78 Å². The number of nitrogens with one attached hydrogen (secondary N) is 1. The van der Waals surface area contributed by atoms with Crippen LogP contribution in [-0.2, 0) is 6.42 Å². The summed E-state index contributed by atoms with van der Waals surface area (Å²) in [5.74, 6) is 1.21. The van der Waals surface area contributed by atoms with E-state index in [1.807, 2.05) is 55.3 Å². The molecule has 1 N–H and O–H groups in total. The number of anilines is 2. The van der Waals surface area contributed by atoms with Gasteiger partial charge in [0.05, 0.1) is 12.3 Å². The molecular weight excluding hydrogens is 352 g/mol. The molecule has 6 heteroatoms. The maximum atomic E-state index is 12.7. The van der Waals surface area contributed by atoms with Crippen LogP contribution in [0.1, 0.15) is 22.8 Å². The summed E-state index contributed by atoms with van der Waals surface area (Å²) in [7, 11) is 1.97. The van der Waals surface area contributed by atoms with Crippen molar-refractivity contribution in [3.8, 4) is 5.75 Å². The zero-order valence-corrected chi connectivity index (χ0v) is 16.1. The van der Waals surface area contributed by atoms with Crippen LogP contribution >= 0.6 is 0 Å². The zero-order valence-electron chi connectivity index (χ0n) is 16.1. The molecule has 1 amide bonds. The molecule has 0 fully saturated rings. The maximum absolute atomic E-state index is 12.7. The molecule has 0 spiro atoms. The number of carbonyl (C=O) groups is 1. The van der Waals surface area contributed by atoms with Crippen LogP contribution in [-0.4, -0.2) is 36.1 Å². The van der Waals surface area contributed by atoms with Gasteiger partial charge in [-0.25, -0.2) is 4.98 Å². The van der Waals surface area contributed by atoms with E-state index >= 15 is 0 Å². The van der Waals surface area contributed by atoms with Crippen molar-refractivity contribution >= 4 is 17.4 Å². The van der Waals surface area contributed by atoms with E-state index < -0.39 is 0 Å². The predicted molar refractivity (Wildman–Crippen MR) is 111 cm³/mol. The van der Waals surface area contributed by atoms with E-state index in [2.05, 4.69) is 15.3 Å². The smallest absolute Gasteiger partial charge is 0.255 e. The summed E-state index contributed by atoms with van der Waals surface area (Å²) < 4.78 is 5.57. The number of likely N-dealkylation sites (N-methyl/N-ethyl adjacent to an activating group) is 1. The highest BCUT2D eigenvalue weighted by Gasteiger charge is 2.12. The number of rotatable bonds is 8. The molecule has 0 atom stereocenters. The summed E-state index contributed by atoms with van der Waals surface area (Å²) >= 11 is 0. The standard InChI is InChI=1S/C22H24N4O2/c1-3-28-20-7-5-4-6-19(20)25-22(27)18-10-14-24-21(16-18)26(2)15-11-17-8-12-23-13-9-17/h4-10,12-14,16H,3,11,15H2,1-2H3,(H,25,27). The normalized spacial score (nSPS) is 10.4. The molecule has 3 aromatic rings. The minimum Gasteiger partial charge on any atom is -0.492 e. The number of hydrogen-bond acceptors (Lipinski definition) is 5. The van der Waals surface area contributed by atoms with Gasteiger partial charge in [0.1, 0.15) is 11.6 Å². The van der Waals surface area contributed by atoms with E-state index in [1.54, 1.807) is 30.7 Å². The van der Waals surface area contributed by atoms with Crippen molar-refractivity contribution in [2.45, 2.75) is 13.3 Å². The number of hydrogen-bond donors (Lipinski definition) is 1. The third-order valence-corrected chi connectivity index (χ3v) is 4.32. The monoisotopic (exact) mass is 376 g/mol. The number of nitrogens with zero attached hydrogens (tertiary/aromatic N) is 3. The van der Waals surface area contributed by atoms with Crippen LogP contribution in [0.15, 0.2) is 67.1 Å². The van der Waals surface area contributed by atoms with Gasteiger partial charge in [-0.1, -0.05) is 12.1 Å². The Morgan fingerprint density at radius 3 is 2.68 bits per heavy atom. The summed E-state index contributed by atoms with van der Waals surface area (Å²) in [6.45, 7) is 3.24. The van der Waals surface area contributed by atoms with Gasteiger partial charge in [-0.05, 0) is 55.3 Å². The summed E-state index contributed by atoms with van der Waals surface area (Å²) in [6.07, 6.45) is 6.11. The van der Waals surface area contributed by atoms with Gasteiger partial charge in [0.15, 0.2) is 0 Å². The van der Waals surface area contributed by atoms with E-state index in [0.29, 0.717) is 23.6 Å². The maximum Gasteiger partial charge on any atom is 0.255 e. The first kappa shape index (κ1) is 19.4. The number of benzene rings is 1. The minimum atomic E-state index is -0.196. The highest BCUT2D eigenvalue weighted by Crippen LogP contribution is 2.24. The Hall–Kier alpha value is -3.41. The zero-order chi connectivity index (χ0) is 19.8. The Morgan fingerprint density at radius 1 is 1.11 bits per heavy atom. The third kappa shape index (κ3) is 5.07. The fourth-order valence-electron chi connectivity index (χ4n) is 2.77. The molecule has 3 rings (SSSR count). The lowest BCUT2D eigenvalue weighted by molar-refractivity contribution is 0.102. The van der Waals surface area contributed by atoms with Crippen LogP contribution in [0, 0.1) is 0 Å². The van der Waals surface area contributed by atoms with Crippen LogP contribution in [0.4, 0.5) is 11.5 Å². The fraction of sp³-hybridized carbons (Fsp3) is 0.227. The first-order chi connectivity index (χ1) is 13.7. The Kier molecular flexibility index (Phi) is 6.57. The van der Waals surface area contributed by atoms with E-state index in [0.717, 1.165) is 18.8 Å². The molecule has 0 unspecified atom stereocenters. The lowest BCUT2D eigenvalue weighted by atomic mass is 10.2. The van der Waals surface area contributed by atoms with Crippen LogP contribution in [0.3, 0.4) is 0 Å². The molecule has 0 saturated heterocycles. The summed E-state index contributed by atoms with van der Waals surface area (Å²) in [5.41, 5.74) is 2.41. The molecule has 0 radical (unpaired) electrons. The number of carbonyl (C=O) groups excluding carboxylic acids is 1. The fourth-order valence-corrected chi connectivity index (χ4v) is 2.77. The van der Waals surface area contributed by atoms with Crippen LogP contribution < -0.4 is 15.0 Å². The van der Waals surface area contributed by atoms with Crippen molar-refractivity contribution in [1.82, 2.24) is 9.97 Å². The Morgan fingerprint density at radius 2 is 1.89 bits per heavy atom. The number of pyridine rings is 2. The third-order valence-electron chi connectivity index (χ3n) is 4.32. The Labute approximate surface area is 165 Å². The first-order valence-corrected chi connectivity index (χ1v) is 9.26. The number of para-hydroxylation sites is 2. The van der Waals surface area contributed by atoms with Crippen molar-refractivity contribution in [3.05, 3.63) is 78.2 Å². The second-order valence-electron chi connectivity index (χ2n) is 6.31. The minimum absolute atomic E-state index is 0.196. The van der Waals surface area contributed by atoms with Crippen molar-refractivity contribution in [2.75, 3.05) is 30.4 Å². The highest BCUT2D eigenvalue weighted by atomic mass is 16.5. The van der Waals surface area contributed by atoms with E-state index in [1.165, 1.54) is 5.56 Å². The Bertz CT molecular complexity index is 915. The average Bonchev–Trinajstić information content (AvgIpc) is 2.74. The quantitative estimate of drug-likeness (QED) is 0.648. The van der Waals surface area contributed by atoms with Crippen molar-refractivity contribution < 1.29 is 9.53 Å². The van der Waals surface area contributed by atoms with E-state index in [9.17, 15) is 4.79 Å². The Balaban J connectivity index is 1.67. The van der Waals surface area contributed by atoms with E-state index in [-0.39, 0.29) is 5.91 Å². The molecule has 0 aliphatic carbocycles. The molecule has 6 nitrogen and oxygen atoms in total. The van der Waals surface area contributed by atoms with Gasteiger partial charge in [0.2, 0.25) is 0 Å². The lowest BCUT2D eigenvalue weighted by Crippen LogP contribution is -2.22. The molecule has 0 aliphatic heterocycles. The second kappa shape index (κ2) is 9.50. The van der Waals surface area contributed by atoms with Gasteiger partial charge < -0.3 is 15.0 Å². The molecule has 144 valence electrons. The lowest BCUT2D eigenvalue weighted by Gasteiger charge is -2.19. The topological polar surface area (TPSA) is 67.3 Å². The molecule has 1 aromatic carbocycles. The SMILES string of the molecule is CCOc1ccccc1NC(=O)c1ccnc(N(C)CCc2ccncc2)c1. The number of amides is 1. The highest BCUT2D eigenvalue weighted by molar-refractivity contribution is 6.05. The largest absolute Gasteiger partial charge is 0.492 e. The van der Waals surface area contributed by atoms with Gasteiger partial charge in [0.25, 0.3) is 5.91 Å². The molecule has 2 heterocycles. The number of aromatic nitrogens is 2. The van der Waals surface area contributed by atoms with Crippen molar-refractivity contribution in [1.29, 1.82) is 0 Å². The summed E-state index contributed by atoms with van der Waals surface area (Å²) in [5, 5.41) is 2.92. The molecule has 0 aliphatic rings. The van der Waals surface area contributed by atoms with Gasteiger partial charge in [-0.15, -0.1) is 0 Å². The molecular formula is C22H24N4O2. The summed E-state index contributed by atoms with van der Waals surface area (Å²) in [6, 6.07) is 14.9. The van der Waals surface area contributed by atoms with Gasteiger partial charge >= 0.3 is 0 Å². The first-order valence-electron chi connectivity index (χ1n) is 9.26. The second-order valence-corrected chi connectivity index (χ2v) is 6.31. The van der Waals surface area contributed by atoms with E-state index in [4.69, 9.17) is 4.74 Å². The van der Waals surface area contributed by atoms with Crippen LogP contribution in [0.2, 0.25) is 0 Å². The van der Waals surface area contributed by atoms with Crippen molar-refractivity contribution in [3.63, 3.8) is 0 Å².